The number of nitrogen functional groups attached to an aromatic ring is 1. The van der Waals surface area contributed by atoms with Gasteiger partial charge >= 0.3 is 5.97 Å². The molecule has 0 aliphatic carbocycles. The summed E-state index contributed by atoms with van der Waals surface area (Å²) in [5.41, 5.74) is 14.6. The Labute approximate surface area is 91.6 Å². The van der Waals surface area contributed by atoms with E-state index in [0.717, 1.165) is 0 Å². The Morgan fingerprint density at radius 3 is 3.00 bits per heavy atom. The molecule has 1 rings (SSSR count). The highest BCUT2D eigenvalue weighted by Gasteiger charge is 2.09. The van der Waals surface area contributed by atoms with Crippen molar-refractivity contribution in [2.75, 3.05) is 12.3 Å². The number of azide groups is 1. The lowest BCUT2D eigenvalue weighted by molar-refractivity contribution is 0.0696. The third-order valence-corrected chi connectivity index (χ3v) is 1.91. The van der Waals surface area contributed by atoms with Gasteiger partial charge in [0.1, 0.15) is 0 Å². The lowest BCUT2D eigenvalue weighted by atomic mass is 10.1. The Hall–Kier alpha value is -2.46. The number of hydrogen-bond acceptors (Lipinski definition) is 3. The molecule has 82 valence electrons. The van der Waals surface area contributed by atoms with E-state index < -0.39 is 5.97 Å². The minimum Gasteiger partial charge on any atom is -0.478 e. The van der Waals surface area contributed by atoms with Crippen LogP contribution >= 0.6 is 0 Å². The van der Waals surface area contributed by atoms with Gasteiger partial charge in [-0.15, -0.1) is 0 Å². The quantitative estimate of drug-likeness (QED) is 0.350. The molecule has 1 aromatic rings. The second-order valence-corrected chi connectivity index (χ2v) is 2.93. The molecule has 3 N–H and O–H groups in total. The van der Waals surface area contributed by atoms with Crippen molar-refractivity contribution in [3.8, 4) is 0 Å². The van der Waals surface area contributed by atoms with Crippen molar-refractivity contribution in [1.29, 1.82) is 0 Å². The lowest BCUT2D eigenvalue weighted by Gasteiger charge is -2.04. The molecule has 0 aliphatic heterocycles. The Balaban J connectivity index is 3.05. The highest BCUT2D eigenvalue weighted by atomic mass is 16.4. The molecular formula is C10H10N4O2. The molecule has 0 aromatic heterocycles. The number of carboxylic acid groups (broad SMARTS) is 1. The predicted octanol–water partition coefficient (Wildman–Crippen LogP) is 2.29. The first-order chi connectivity index (χ1) is 7.66. The summed E-state index contributed by atoms with van der Waals surface area (Å²) in [5.74, 6) is -1.05. The molecule has 0 amide bonds. The first kappa shape index (κ1) is 11.6. The standard InChI is InChI=1S/C10H10N4O2/c11-9-5-1-3-8(10(15)16)7(9)4-2-6-13-14-12/h1-5H,6,11H2,(H,15,16). The van der Waals surface area contributed by atoms with E-state index in [0.29, 0.717) is 11.3 Å². The van der Waals surface area contributed by atoms with Crippen molar-refractivity contribution in [3.05, 3.63) is 45.8 Å². The molecule has 0 heterocycles. The third kappa shape index (κ3) is 2.76. The number of hydrogen-bond donors (Lipinski definition) is 2. The fourth-order valence-corrected chi connectivity index (χ4v) is 1.21. The van der Waals surface area contributed by atoms with Crippen LogP contribution in [0.4, 0.5) is 5.69 Å². The molecule has 0 unspecified atom stereocenters. The van der Waals surface area contributed by atoms with Crippen LogP contribution in [0.2, 0.25) is 0 Å². The van der Waals surface area contributed by atoms with E-state index >= 15 is 0 Å². The second-order valence-electron chi connectivity index (χ2n) is 2.93. The number of aromatic carboxylic acids is 1. The van der Waals surface area contributed by atoms with Crippen LogP contribution in [0.3, 0.4) is 0 Å². The number of carboxylic acids is 1. The molecule has 0 aliphatic rings. The van der Waals surface area contributed by atoms with Gasteiger partial charge in [0.2, 0.25) is 0 Å². The Morgan fingerprint density at radius 1 is 1.62 bits per heavy atom. The number of nitrogens with two attached hydrogens (primary N) is 1. The molecule has 0 atom stereocenters. The van der Waals surface area contributed by atoms with Crippen LogP contribution in [-0.2, 0) is 0 Å². The molecule has 6 nitrogen and oxygen atoms in total. The van der Waals surface area contributed by atoms with Crippen molar-refractivity contribution < 1.29 is 9.90 Å². The zero-order chi connectivity index (χ0) is 12.0. The number of nitrogens with zero attached hydrogens (tertiary/aromatic N) is 3. The molecule has 16 heavy (non-hydrogen) atoms. The maximum Gasteiger partial charge on any atom is 0.336 e. The van der Waals surface area contributed by atoms with Crippen LogP contribution in [0.25, 0.3) is 16.5 Å². The summed E-state index contributed by atoms with van der Waals surface area (Å²) in [6.07, 6.45) is 3.09. The van der Waals surface area contributed by atoms with Gasteiger partial charge in [0.15, 0.2) is 0 Å². The first-order valence-electron chi connectivity index (χ1n) is 4.46. The molecule has 1 aromatic carbocycles. The van der Waals surface area contributed by atoms with E-state index in [1.165, 1.54) is 12.1 Å². The summed E-state index contributed by atoms with van der Waals surface area (Å²) in [6, 6.07) is 4.65. The van der Waals surface area contributed by atoms with Crippen molar-refractivity contribution in [3.63, 3.8) is 0 Å². The van der Waals surface area contributed by atoms with E-state index in [-0.39, 0.29) is 12.1 Å². The SMILES string of the molecule is [N-]=[N+]=NCC=Cc1c(N)cccc1C(=O)O. The minimum absolute atomic E-state index is 0.122. The van der Waals surface area contributed by atoms with E-state index in [9.17, 15) is 4.79 Å². The maximum absolute atomic E-state index is 10.9. The summed E-state index contributed by atoms with van der Waals surface area (Å²) in [4.78, 5) is 13.5. The monoisotopic (exact) mass is 218 g/mol. The smallest absolute Gasteiger partial charge is 0.336 e. The van der Waals surface area contributed by atoms with Gasteiger partial charge in [-0.05, 0) is 17.7 Å². The van der Waals surface area contributed by atoms with Crippen molar-refractivity contribution in [2.45, 2.75) is 0 Å². The van der Waals surface area contributed by atoms with Gasteiger partial charge in [-0.1, -0.05) is 23.3 Å². The average molecular weight is 218 g/mol. The average Bonchev–Trinajstić information content (AvgIpc) is 2.25. The Bertz CT molecular complexity index is 476. The summed E-state index contributed by atoms with van der Waals surface area (Å²) in [7, 11) is 0. The summed E-state index contributed by atoms with van der Waals surface area (Å²) in [5, 5.41) is 12.2. The van der Waals surface area contributed by atoms with Crippen LogP contribution in [0.5, 0.6) is 0 Å². The maximum atomic E-state index is 10.9. The zero-order valence-electron chi connectivity index (χ0n) is 8.37. The van der Waals surface area contributed by atoms with E-state index in [2.05, 4.69) is 10.0 Å². The van der Waals surface area contributed by atoms with Gasteiger partial charge in [0, 0.05) is 22.7 Å². The Morgan fingerprint density at radius 2 is 2.38 bits per heavy atom. The minimum atomic E-state index is -1.05. The van der Waals surface area contributed by atoms with E-state index in [1.54, 1.807) is 18.2 Å². The normalized spacial score (nSPS) is 10.0. The summed E-state index contributed by atoms with van der Waals surface area (Å²) in [6.45, 7) is 0.157. The van der Waals surface area contributed by atoms with Crippen LogP contribution < -0.4 is 5.73 Å². The third-order valence-electron chi connectivity index (χ3n) is 1.91. The van der Waals surface area contributed by atoms with Gasteiger partial charge < -0.3 is 10.8 Å². The lowest BCUT2D eigenvalue weighted by Crippen LogP contribution is -2.02. The topological polar surface area (TPSA) is 112 Å². The summed E-state index contributed by atoms with van der Waals surface area (Å²) < 4.78 is 0. The zero-order valence-corrected chi connectivity index (χ0v) is 8.37. The van der Waals surface area contributed by atoms with Crippen molar-refractivity contribution in [2.24, 2.45) is 5.11 Å². The van der Waals surface area contributed by atoms with Crippen molar-refractivity contribution in [1.82, 2.24) is 0 Å². The molecule has 0 bridgehead atoms. The van der Waals surface area contributed by atoms with Crippen LogP contribution in [0.1, 0.15) is 15.9 Å². The molecule has 0 saturated heterocycles. The first-order valence-corrected chi connectivity index (χ1v) is 4.46. The van der Waals surface area contributed by atoms with Gasteiger partial charge in [-0.3, -0.25) is 0 Å². The molecule has 0 saturated carbocycles. The van der Waals surface area contributed by atoms with Gasteiger partial charge in [0.05, 0.1) is 5.56 Å². The van der Waals surface area contributed by atoms with Crippen LogP contribution in [0, 0.1) is 0 Å². The van der Waals surface area contributed by atoms with Gasteiger partial charge in [-0.25, -0.2) is 4.79 Å². The number of rotatable bonds is 4. The molecule has 0 fully saturated rings. The van der Waals surface area contributed by atoms with Crippen molar-refractivity contribution >= 4 is 17.7 Å². The molecule has 0 radical (unpaired) electrons. The Kier molecular flexibility index (Phi) is 3.94. The van der Waals surface area contributed by atoms with Gasteiger partial charge in [-0.2, -0.15) is 0 Å². The number of benzene rings is 1. The highest BCUT2D eigenvalue weighted by Crippen LogP contribution is 2.18. The van der Waals surface area contributed by atoms with E-state index in [4.69, 9.17) is 16.4 Å². The second kappa shape index (κ2) is 5.43. The molecular weight excluding hydrogens is 208 g/mol. The predicted molar refractivity (Wildman–Crippen MR) is 60.9 cm³/mol. The largest absolute Gasteiger partial charge is 0.478 e. The van der Waals surface area contributed by atoms with Gasteiger partial charge in [0.25, 0.3) is 0 Å². The van der Waals surface area contributed by atoms with E-state index in [1.807, 2.05) is 0 Å². The fraction of sp³-hybridized carbons (Fsp3) is 0.100. The van der Waals surface area contributed by atoms with Crippen LogP contribution in [-0.4, -0.2) is 17.6 Å². The molecule has 0 spiro atoms. The number of carbonyl (C=O) groups is 1. The number of anilines is 1. The molecule has 6 heteroatoms. The summed E-state index contributed by atoms with van der Waals surface area (Å²) >= 11 is 0. The van der Waals surface area contributed by atoms with Crippen LogP contribution in [0.15, 0.2) is 29.4 Å². The fourth-order valence-electron chi connectivity index (χ4n) is 1.21. The highest BCUT2D eigenvalue weighted by molar-refractivity contribution is 5.94.